The molecule has 0 N–H and O–H groups in total. The Morgan fingerprint density at radius 3 is 2.80 bits per heavy atom. The lowest BCUT2D eigenvalue weighted by atomic mass is 9.76. The van der Waals surface area contributed by atoms with Crippen molar-refractivity contribution >= 4 is 5.78 Å². The van der Waals surface area contributed by atoms with Gasteiger partial charge in [0.05, 0.1) is 17.4 Å². The minimum atomic E-state index is -0.412. The molecule has 1 heterocycles. The van der Waals surface area contributed by atoms with Crippen molar-refractivity contribution in [3.63, 3.8) is 0 Å². The molecule has 0 spiro atoms. The van der Waals surface area contributed by atoms with Gasteiger partial charge in [0.2, 0.25) is 0 Å². The third-order valence-corrected chi connectivity index (χ3v) is 4.41. The molecule has 3 heteroatoms. The number of carbonyl (C=O) groups is 1. The van der Waals surface area contributed by atoms with Crippen LogP contribution in [-0.4, -0.2) is 15.3 Å². The fourth-order valence-electron chi connectivity index (χ4n) is 3.49. The van der Waals surface area contributed by atoms with Crippen molar-refractivity contribution < 1.29 is 4.79 Å². The third kappa shape index (κ3) is 1.73. The van der Waals surface area contributed by atoms with E-state index in [0.717, 1.165) is 37.1 Å². The molecule has 20 heavy (non-hydrogen) atoms. The quantitative estimate of drug-likeness (QED) is 0.852. The van der Waals surface area contributed by atoms with Gasteiger partial charge in [-0.1, -0.05) is 37.6 Å². The summed E-state index contributed by atoms with van der Waals surface area (Å²) in [5.41, 5.74) is 2.73. The molecule has 1 aliphatic carbocycles. The number of fused-ring (bicyclic) bond motifs is 1. The molecule has 1 aromatic carbocycles. The number of nitrogens with zero attached hydrogens (tertiary/aromatic N) is 2. The summed E-state index contributed by atoms with van der Waals surface area (Å²) >= 11 is 0. The first-order chi connectivity index (χ1) is 9.73. The molecule has 0 aliphatic heterocycles. The molecular weight excluding hydrogens is 248 g/mol. The van der Waals surface area contributed by atoms with E-state index in [1.807, 2.05) is 30.7 Å². The Bertz CT molecular complexity index is 644. The van der Waals surface area contributed by atoms with Crippen molar-refractivity contribution in [2.24, 2.45) is 0 Å². The average molecular weight is 268 g/mol. The maximum absolute atomic E-state index is 13.0. The highest BCUT2D eigenvalue weighted by atomic mass is 16.1. The maximum Gasteiger partial charge on any atom is 0.175 e. The van der Waals surface area contributed by atoms with Crippen LogP contribution in [0.25, 0.3) is 0 Å². The lowest BCUT2D eigenvalue weighted by Gasteiger charge is -2.28. The fourth-order valence-corrected chi connectivity index (χ4v) is 3.49. The Hall–Kier alpha value is -1.90. The summed E-state index contributed by atoms with van der Waals surface area (Å²) in [6, 6.07) is 8.01. The molecule has 104 valence electrons. The van der Waals surface area contributed by atoms with Crippen molar-refractivity contribution in [3.8, 4) is 0 Å². The molecule has 0 bridgehead atoms. The molecular formula is C17H20N2O. The van der Waals surface area contributed by atoms with Crippen molar-refractivity contribution in [3.05, 3.63) is 53.6 Å². The van der Waals surface area contributed by atoms with E-state index in [1.54, 1.807) is 0 Å². The van der Waals surface area contributed by atoms with E-state index >= 15 is 0 Å². The van der Waals surface area contributed by atoms with Crippen molar-refractivity contribution in [2.45, 2.75) is 45.1 Å². The number of ketones is 1. The molecule has 1 atom stereocenters. The van der Waals surface area contributed by atoms with Crippen LogP contribution in [0, 0.1) is 0 Å². The van der Waals surface area contributed by atoms with Crippen LogP contribution in [-0.2, 0) is 18.4 Å². The highest BCUT2D eigenvalue weighted by Crippen LogP contribution is 2.42. The van der Waals surface area contributed by atoms with Crippen LogP contribution < -0.4 is 0 Å². The molecule has 1 unspecified atom stereocenters. The van der Waals surface area contributed by atoms with Crippen LogP contribution in [0.15, 0.2) is 36.8 Å². The van der Waals surface area contributed by atoms with Crippen molar-refractivity contribution in [1.29, 1.82) is 0 Å². The van der Waals surface area contributed by atoms with Crippen LogP contribution in [0.1, 0.15) is 48.3 Å². The standard InChI is InChI=1S/C17H20N2O/c1-3-9-17(15-11-18-12-19(15)4-2)10-13-7-5-6-8-14(13)16(17)20/h5-8,11-12H,3-4,9-10H2,1-2H3. The summed E-state index contributed by atoms with van der Waals surface area (Å²) in [6.45, 7) is 5.09. The van der Waals surface area contributed by atoms with Gasteiger partial charge in [-0.05, 0) is 25.3 Å². The summed E-state index contributed by atoms with van der Waals surface area (Å²) < 4.78 is 2.11. The molecule has 1 aliphatic rings. The van der Waals surface area contributed by atoms with E-state index in [0.29, 0.717) is 0 Å². The Labute approximate surface area is 119 Å². The highest BCUT2D eigenvalue weighted by molar-refractivity contribution is 6.08. The highest BCUT2D eigenvalue weighted by Gasteiger charge is 2.47. The number of carbonyl (C=O) groups excluding carboxylic acids is 1. The number of aromatic nitrogens is 2. The molecule has 2 aromatic rings. The predicted octanol–water partition coefficient (Wildman–Crippen LogP) is 3.38. The van der Waals surface area contributed by atoms with E-state index in [2.05, 4.69) is 29.5 Å². The lowest BCUT2D eigenvalue weighted by molar-refractivity contribution is 0.0886. The summed E-state index contributed by atoms with van der Waals surface area (Å²) in [5.74, 6) is 0.269. The average Bonchev–Trinajstić information content (AvgIpc) is 3.04. The molecule has 0 amide bonds. The van der Waals surface area contributed by atoms with Gasteiger partial charge < -0.3 is 4.57 Å². The maximum atomic E-state index is 13.0. The minimum Gasteiger partial charge on any atom is -0.334 e. The largest absolute Gasteiger partial charge is 0.334 e. The van der Waals surface area contributed by atoms with Gasteiger partial charge in [0.15, 0.2) is 5.78 Å². The number of aryl methyl sites for hydroxylation is 1. The van der Waals surface area contributed by atoms with E-state index in [-0.39, 0.29) is 5.78 Å². The smallest absolute Gasteiger partial charge is 0.175 e. The molecule has 0 saturated carbocycles. The summed E-state index contributed by atoms with van der Waals surface area (Å²) in [4.78, 5) is 17.3. The van der Waals surface area contributed by atoms with Gasteiger partial charge in [0.1, 0.15) is 0 Å². The summed E-state index contributed by atoms with van der Waals surface area (Å²) in [7, 11) is 0. The van der Waals surface area contributed by atoms with Gasteiger partial charge in [0, 0.05) is 18.3 Å². The fraction of sp³-hybridized carbons (Fsp3) is 0.412. The first-order valence-electron chi connectivity index (χ1n) is 7.36. The summed E-state index contributed by atoms with van der Waals surface area (Å²) in [5, 5.41) is 0. The zero-order chi connectivity index (χ0) is 14.2. The van der Waals surface area contributed by atoms with Gasteiger partial charge >= 0.3 is 0 Å². The van der Waals surface area contributed by atoms with Crippen LogP contribution in [0.3, 0.4) is 0 Å². The normalized spacial score (nSPS) is 21.2. The van der Waals surface area contributed by atoms with Gasteiger partial charge in [-0.15, -0.1) is 0 Å². The number of hydrogen-bond acceptors (Lipinski definition) is 2. The van der Waals surface area contributed by atoms with Crippen LogP contribution in [0.5, 0.6) is 0 Å². The van der Waals surface area contributed by atoms with E-state index in [1.165, 1.54) is 5.56 Å². The second-order valence-electron chi connectivity index (χ2n) is 5.56. The Balaban J connectivity index is 2.15. The van der Waals surface area contributed by atoms with Crippen LogP contribution >= 0.6 is 0 Å². The second-order valence-corrected chi connectivity index (χ2v) is 5.56. The molecule has 0 fully saturated rings. The zero-order valence-electron chi connectivity index (χ0n) is 12.1. The van der Waals surface area contributed by atoms with Gasteiger partial charge in [-0.2, -0.15) is 0 Å². The Morgan fingerprint density at radius 1 is 1.30 bits per heavy atom. The third-order valence-electron chi connectivity index (χ3n) is 4.41. The van der Waals surface area contributed by atoms with Gasteiger partial charge in [0.25, 0.3) is 0 Å². The van der Waals surface area contributed by atoms with Crippen molar-refractivity contribution in [1.82, 2.24) is 9.55 Å². The molecule has 3 nitrogen and oxygen atoms in total. The summed E-state index contributed by atoms with van der Waals surface area (Å²) in [6.07, 6.45) is 6.40. The lowest BCUT2D eigenvalue weighted by Crippen LogP contribution is -2.35. The minimum absolute atomic E-state index is 0.269. The first kappa shape index (κ1) is 13.1. The molecule has 1 aromatic heterocycles. The second kappa shape index (κ2) is 4.89. The molecule has 3 rings (SSSR count). The Kier molecular flexibility index (Phi) is 3.20. The predicted molar refractivity (Wildman–Crippen MR) is 79.0 cm³/mol. The number of Topliss-reactive ketones (excluding diaryl/α,β-unsaturated/α-hetero) is 1. The van der Waals surface area contributed by atoms with Crippen LogP contribution in [0.4, 0.5) is 0 Å². The van der Waals surface area contributed by atoms with Crippen molar-refractivity contribution in [2.75, 3.05) is 0 Å². The van der Waals surface area contributed by atoms with E-state index < -0.39 is 5.41 Å². The zero-order valence-corrected chi connectivity index (χ0v) is 12.1. The molecule has 0 saturated heterocycles. The van der Waals surface area contributed by atoms with E-state index in [9.17, 15) is 4.79 Å². The SMILES string of the molecule is CCCC1(c2cncn2CC)Cc2ccccc2C1=O. The Morgan fingerprint density at radius 2 is 2.10 bits per heavy atom. The monoisotopic (exact) mass is 268 g/mol. The van der Waals surface area contributed by atoms with Gasteiger partial charge in [-0.3, -0.25) is 4.79 Å². The first-order valence-corrected chi connectivity index (χ1v) is 7.36. The van der Waals surface area contributed by atoms with Crippen LogP contribution in [0.2, 0.25) is 0 Å². The topological polar surface area (TPSA) is 34.9 Å². The van der Waals surface area contributed by atoms with Gasteiger partial charge in [-0.25, -0.2) is 4.98 Å². The van der Waals surface area contributed by atoms with E-state index in [4.69, 9.17) is 0 Å². The number of benzene rings is 1. The number of rotatable bonds is 4. The number of hydrogen-bond donors (Lipinski definition) is 0. The molecule has 0 radical (unpaired) electrons. The number of imidazole rings is 1.